The molecular weight excluding hydrogens is 357 g/mol. The van der Waals surface area contributed by atoms with Gasteiger partial charge in [0, 0.05) is 24.5 Å². The number of rotatable bonds is 4. The first-order valence-electron chi connectivity index (χ1n) is 8.70. The molecule has 1 saturated heterocycles. The van der Waals surface area contributed by atoms with Gasteiger partial charge < -0.3 is 4.52 Å². The Kier molecular flexibility index (Phi) is 4.89. The zero-order valence-corrected chi connectivity index (χ0v) is 14.4. The summed E-state index contributed by atoms with van der Waals surface area (Å²) < 4.78 is 45.1. The average molecular weight is 374 g/mol. The molecule has 0 spiro atoms. The highest BCUT2D eigenvalue weighted by Crippen LogP contribution is 2.27. The van der Waals surface area contributed by atoms with Gasteiger partial charge in [-0.3, -0.25) is 9.88 Å². The van der Waals surface area contributed by atoms with Gasteiger partial charge in [0.2, 0.25) is 11.7 Å². The molecule has 0 amide bonds. The molecule has 27 heavy (non-hydrogen) atoms. The van der Waals surface area contributed by atoms with E-state index in [1.54, 1.807) is 12.4 Å². The highest BCUT2D eigenvalue weighted by molar-refractivity contribution is 5.54. The summed E-state index contributed by atoms with van der Waals surface area (Å²) in [6, 6.07) is 5.76. The van der Waals surface area contributed by atoms with Crippen LogP contribution in [0.4, 0.5) is 13.2 Å². The molecule has 1 unspecified atom stereocenters. The minimum atomic E-state index is -1.52. The van der Waals surface area contributed by atoms with Gasteiger partial charge in [-0.05, 0) is 55.1 Å². The summed E-state index contributed by atoms with van der Waals surface area (Å²) >= 11 is 0. The molecular formula is C19H17F3N4O. The van der Waals surface area contributed by atoms with Crippen molar-refractivity contribution in [2.45, 2.75) is 25.3 Å². The number of likely N-dealkylation sites (tertiary alicyclic amines) is 1. The lowest BCUT2D eigenvalue weighted by molar-refractivity contribution is 0.177. The van der Waals surface area contributed by atoms with Crippen molar-refractivity contribution in [2.75, 3.05) is 13.1 Å². The molecule has 8 heteroatoms. The van der Waals surface area contributed by atoms with Crippen molar-refractivity contribution in [3.63, 3.8) is 0 Å². The fourth-order valence-corrected chi connectivity index (χ4v) is 3.42. The predicted octanol–water partition coefficient (Wildman–Crippen LogP) is 3.93. The summed E-state index contributed by atoms with van der Waals surface area (Å²) in [4.78, 5) is 10.5. The maximum absolute atomic E-state index is 13.4. The van der Waals surface area contributed by atoms with E-state index in [0.29, 0.717) is 18.4 Å². The maximum atomic E-state index is 13.4. The second-order valence-electron chi connectivity index (χ2n) is 6.62. The summed E-state index contributed by atoms with van der Waals surface area (Å²) in [5, 5.41) is 3.76. The molecule has 140 valence electrons. The molecule has 5 nitrogen and oxygen atoms in total. The molecule has 0 bridgehead atoms. The minimum absolute atomic E-state index is 0.0329. The summed E-state index contributed by atoms with van der Waals surface area (Å²) in [6.07, 6.45) is 5.73. The summed E-state index contributed by atoms with van der Waals surface area (Å²) in [5.74, 6) is -3.29. The van der Waals surface area contributed by atoms with Gasteiger partial charge in [-0.25, -0.2) is 13.2 Å². The molecule has 1 atom stereocenters. The van der Waals surface area contributed by atoms with Crippen molar-refractivity contribution < 1.29 is 17.7 Å². The molecule has 4 rings (SSSR count). The number of pyridine rings is 1. The van der Waals surface area contributed by atoms with E-state index in [4.69, 9.17) is 4.52 Å². The van der Waals surface area contributed by atoms with E-state index in [0.717, 1.165) is 38.1 Å². The second kappa shape index (κ2) is 7.48. The highest BCUT2D eigenvalue weighted by atomic mass is 19.2. The van der Waals surface area contributed by atoms with E-state index in [-0.39, 0.29) is 11.4 Å². The molecule has 0 radical (unpaired) electrons. The number of halogens is 3. The molecule has 3 aromatic rings. The maximum Gasteiger partial charge on any atom is 0.241 e. The SMILES string of the molecule is Fc1cc(-c2noc(CN3CCCC(c4ccncc4)C3)n2)cc(F)c1F. The van der Waals surface area contributed by atoms with Crippen LogP contribution in [0.2, 0.25) is 0 Å². The first kappa shape index (κ1) is 17.7. The third-order valence-electron chi connectivity index (χ3n) is 4.75. The molecule has 3 heterocycles. The fraction of sp³-hybridized carbons (Fsp3) is 0.316. The van der Waals surface area contributed by atoms with Crippen molar-refractivity contribution in [3.8, 4) is 11.4 Å². The largest absolute Gasteiger partial charge is 0.338 e. The van der Waals surface area contributed by atoms with Gasteiger partial charge in [-0.2, -0.15) is 4.98 Å². The predicted molar refractivity (Wildman–Crippen MR) is 91.1 cm³/mol. The number of benzene rings is 1. The highest BCUT2D eigenvalue weighted by Gasteiger charge is 2.23. The van der Waals surface area contributed by atoms with E-state index < -0.39 is 17.5 Å². The van der Waals surface area contributed by atoms with Gasteiger partial charge in [0.15, 0.2) is 17.5 Å². The lowest BCUT2D eigenvalue weighted by Crippen LogP contribution is -2.34. The monoisotopic (exact) mass is 374 g/mol. The Morgan fingerprint density at radius 3 is 2.59 bits per heavy atom. The number of nitrogens with zero attached hydrogens (tertiary/aromatic N) is 4. The Morgan fingerprint density at radius 2 is 1.85 bits per heavy atom. The Morgan fingerprint density at radius 1 is 1.11 bits per heavy atom. The van der Waals surface area contributed by atoms with Crippen LogP contribution < -0.4 is 0 Å². The molecule has 0 N–H and O–H groups in total. The third-order valence-corrected chi connectivity index (χ3v) is 4.75. The number of aromatic nitrogens is 3. The molecule has 0 aliphatic carbocycles. The van der Waals surface area contributed by atoms with E-state index >= 15 is 0 Å². The normalized spacial score (nSPS) is 18.0. The van der Waals surface area contributed by atoms with Gasteiger partial charge >= 0.3 is 0 Å². The zero-order valence-electron chi connectivity index (χ0n) is 14.4. The number of hydrogen-bond acceptors (Lipinski definition) is 5. The van der Waals surface area contributed by atoms with E-state index in [1.165, 1.54) is 5.56 Å². The first-order chi connectivity index (χ1) is 13.1. The molecule has 1 aromatic carbocycles. The van der Waals surface area contributed by atoms with Crippen LogP contribution in [0.3, 0.4) is 0 Å². The van der Waals surface area contributed by atoms with Gasteiger partial charge in [0.1, 0.15) is 0 Å². The topological polar surface area (TPSA) is 55.1 Å². The first-order valence-corrected chi connectivity index (χ1v) is 8.70. The smallest absolute Gasteiger partial charge is 0.241 e. The van der Waals surface area contributed by atoms with Crippen LogP contribution in [0.25, 0.3) is 11.4 Å². The average Bonchev–Trinajstić information content (AvgIpc) is 3.15. The third kappa shape index (κ3) is 3.85. The molecule has 1 fully saturated rings. The Hall–Kier alpha value is -2.74. The fourth-order valence-electron chi connectivity index (χ4n) is 3.42. The van der Waals surface area contributed by atoms with Crippen molar-refractivity contribution in [3.05, 3.63) is 65.6 Å². The van der Waals surface area contributed by atoms with Gasteiger partial charge in [-0.15, -0.1) is 0 Å². The van der Waals surface area contributed by atoms with E-state index in [9.17, 15) is 13.2 Å². The second-order valence-corrected chi connectivity index (χ2v) is 6.62. The van der Waals surface area contributed by atoms with E-state index in [1.807, 2.05) is 12.1 Å². The van der Waals surface area contributed by atoms with E-state index in [2.05, 4.69) is 20.0 Å². The van der Waals surface area contributed by atoms with Gasteiger partial charge in [-0.1, -0.05) is 5.16 Å². The lowest BCUT2D eigenvalue weighted by Gasteiger charge is -2.31. The zero-order chi connectivity index (χ0) is 18.8. The van der Waals surface area contributed by atoms with Crippen LogP contribution in [0.1, 0.15) is 30.2 Å². The van der Waals surface area contributed by atoms with Crippen LogP contribution in [0, 0.1) is 17.5 Å². The van der Waals surface area contributed by atoms with Crippen LogP contribution in [-0.4, -0.2) is 33.1 Å². The van der Waals surface area contributed by atoms with Gasteiger partial charge in [0.05, 0.1) is 6.54 Å². The Balaban J connectivity index is 1.46. The van der Waals surface area contributed by atoms with Crippen molar-refractivity contribution in [1.29, 1.82) is 0 Å². The lowest BCUT2D eigenvalue weighted by atomic mass is 9.91. The molecule has 1 aliphatic rings. The summed E-state index contributed by atoms with van der Waals surface area (Å²) in [7, 11) is 0. The Bertz CT molecular complexity index is 909. The summed E-state index contributed by atoms with van der Waals surface area (Å²) in [5.41, 5.74) is 1.29. The molecule has 2 aromatic heterocycles. The van der Waals surface area contributed by atoms with Crippen LogP contribution in [0.15, 0.2) is 41.2 Å². The number of piperidine rings is 1. The van der Waals surface area contributed by atoms with Crippen LogP contribution >= 0.6 is 0 Å². The van der Waals surface area contributed by atoms with Gasteiger partial charge in [0.25, 0.3) is 0 Å². The number of hydrogen-bond donors (Lipinski definition) is 0. The summed E-state index contributed by atoms with van der Waals surface area (Å²) in [6.45, 7) is 2.20. The quantitative estimate of drug-likeness (QED) is 0.648. The Labute approximate surface area is 153 Å². The molecule has 1 aliphatic heterocycles. The molecule has 0 saturated carbocycles. The van der Waals surface area contributed by atoms with Crippen molar-refractivity contribution in [1.82, 2.24) is 20.0 Å². The van der Waals surface area contributed by atoms with Crippen LogP contribution in [-0.2, 0) is 6.54 Å². The standard InChI is InChI=1S/C19H17F3N4O/c20-15-8-14(9-16(21)18(15)22)19-24-17(27-25-19)11-26-7-1-2-13(10-26)12-3-5-23-6-4-12/h3-6,8-9,13H,1-2,7,10-11H2. The minimum Gasteiger partial charge on any atom is -0.338 e. The van der Waals surface area contributed by atoms with Crippen LogP contribution in [0.5, 0.6) is 0 Å². The van der Waals surface area contributed by atoms with Crippen molar-refractivity contribution >= 4 is 0 Å². The van der Waals surface area contributed by atoms with Crippen molar-refractivity contribution in [2.24, 2.45) is 0 Å².